The molecule has 0 heterocycles. The van der Waals surface area contributed by atoms with Crippen molar-refractivity contribution in [1.29, 1.82) is 0 Å². The minimum Gasteiger partial charge on any atom is -0.310 e. The van der Waals surface area contributed by atoms with Gasteiger partial charge in [0.05, 0.1) is 0 Å². The van der Waals surface area contributed by atoms with E-state index in [0.717, 1.165) is 13.0 Å². The Labute approximate surface area is 103 Å². The average molecular weight is 235 g/mol. The van der Waals surface area contributed by atoms with E-state index in [1.807, 2.05) is 0 Å². The lowest BCUT2D eigenvalue weighted by Crippen LogP contribution is -2.20. The predicted octanol–water partition coefficient (Wildman–Crippen LogP) is 4.03. The van der Waals surface area contributed by atoms with Gasteiger partial charge in [0, 0.05) is 10.9 Å². The minimum absolute atomic E-state index is 0.401. The van der Waals surface area contributed by atoms with Crippen molar-refractivity contribution < 1.29 is 0 Å². The van der Waals surface area contributed by atoms with Crippen LogP contribution in [-0.2, 0) is 0 Å². The summed E-state index contributed by atoms with van der Waals surface area (Å²) in [4.78, 5) is 1.31. The molecular weight excluding hydrogens is 214 g/mol. The topological polar surface area (TPSA) is 12.0 Å². The van der Waals surface area contributed by atoms with E-state index in [0.29, 0.717) is 6.04 Å². The van der Waals surface area contributed by atoms with Crippen LogP contribution >= 0.6 is 11.8 Å². The standard InChI is InChI=1S/C14H21NS/c1-5-15-14(10-11(2)3)12-6-8-13(16-4)9-7-12/h6-9,14-15H,2,5,10H2,1,3-4H3. The van der Waals surface area contributed by atoms with Crippen molar-refractivity contribution in [2.24, 2.45) is 0 Å². The maximum absolute atomic E-state index is 3.99. The first kappa shape index (κ1) is 13.3. The molecule has 1 atom stereocenters. The summed E-state index contributed by atoms with van der Waals surface area (Å²) in [6, 6.07) is 9.19. The molecule has 1 rings (SSSR count). The molecule has 0 fully saturated rings. The maximum Gasteiger partial charge on any atom is 0.0357 e. The average Bonchev–Trinajstić information content (AvgIpc) is 2.28. The third-order valence-electron chi connectivity index (χ3n) is 2.52. The number of hydrogen-bond acceptors (Lipinski definition) is 2. The van der Waals surface area contributed by atoms with Crippen molar-refractivity contribution in [2.45, 2.75) is 31.2 Å². The van der Waals surface area contributed by atoms with E-state index in [9.17, 15) is 0 Å². The van der Waals surface area contributed by atoms with Gasteiger partial charge >= 0.3 is 0 Å². The first-order chi connectivity index (χ1) is 7.67. The van der Waals surface area contributed by atoms with Gasteiger partial charge < -0.3 is 5.32 Å². The number of hydrogen-bond donors (Lipinski definition) is 1. The predicted molar refractivity (Wildman–Crippen MR) is 74.1 cm³/mol. The Balaban J connectivity index is 2.79. The molecule has 0 radical (unpaired) electrons. The van der Waals surface area contributed by atoms with Crippen molar-refractivity contribution in [3.8, 4) is 0 Å². The Bertz CT molecular complexity index is 329. The summed E-state index contributed by atoms with van der Waals surface area (Å²) < 4.78 is 0. The summed E-state index contributed by atoms with van der Waals surface area (Å²) >= 11 is 1.78. The third-order valence-corrected chi connectivity index (χ3v) is 3.26. The molecule has 16 heavy (non-hydrogen) atoms. The Morgan fingerprint density at radius 3 is 2.44 bits per heavy atom. The molecule has 1 aromatic rings. The highest BCUT2D eigenvalue weighted by Crippen LogP contribution is 2.23. The normalized spacial score (nSPS) is 12.4. The second-order valence-electron chi connectivity index (χ2n) is 4.04. The van der Waals surface area contributed by atoms with Crippen molar-refractivity contribution in [1.82, 2.24) is 5.32 Å². The van der Waals surface area contributed by atoms with Gasteiger partial charge in [-0.3, -0.25) is 0 Å². The Kier molecular flexibility index (Phi) is 5.64. The highest BCUT2D eigenvalue weighted by Gasteiger charge is 2.09. The molecule has 0 aliphatic heterocycles. The molecule has 2 heteroatoms. The Hall–Kier alpha value is -0.730. The zero-order valence-corrected chi connectivity index (χ0v) is 11.2. The molecule has 0 spiro atoms. The highest BCUT2D eigenvalue weighted by atomic mass is 32.2. The lowest BCUT2D eigenvalue weighted by Gasteiger charge is -2.18. The molecule has 0 aliphatic rings. The van der Waals surface area contributed by atoms with Crippen molar-refractivity contribution in [3.63, 3.8) is 0 Å². The van der Waals surface area contributed by atoms with Crippen LogP contribution in [0.15, 0.2) is 41.3 Å². The van der Waals surface area contributed by atoms with Crippen LogP contribution in [0.1, 0.15) is 31.9 Å². The fraction of sp³-hybridized carbons (Fsp3) is 0.429. The second kappa shape index (κ2) is 6.77. The van der Waals surface area contributed by atoms with Gasteiger partial charge in [-0.1, -0.05) is 24.6 Å². The molecule has 1 nitrogen and oxygen atoms in total. The number of benzene rings is 1. The van der Waals surface area contributed by atoms with E-state index in [1.54, 1.807) is 11.8 Å². The monoisotopic (exact) mass is 235 g/mol. The van der Waals surface area contributed by atoms with Crippen LogP contribution in [0.5, 0.6) is 0 Å². The Morgan fingerprint density at radius 2 is 2.00 bits per heavy atom. The molecule has 88 valence electrons. The molecule has 0 bridgehead atoms. The van der Waals surface area contributed by atoms with Gasteiger partial charge in [0.1, 0.15) is 0 Å². The van der Waals surface area contributed by atoms with Gasteiger partial charge in [-0.2, -0.15) is 0 Å². The smallest absolute Gasteiger partial charge is 0.0357 e. The quantitative estimate of drug-likeness (QED) is 0.590. The molecule has 0 amide bonds. The van der Waals surface area contributed by atoms with Gasteiger partial charge in [-0.05, 0) is 43.8 Å². The first-order valence-electron chi connectivity index (χ1n) is 5.69. The van der Waals surface area contributed by atoms with E-state index in [1.165, 1.54) is 16.0 Å². The van der Waals surface area contributed by atoms with Crippen LogP contribution in [-0.4, -0.2) is 12.8 Å². The lowest BCUT2D eigenvalue weighted by atomic mass is 10.0. The first-order valence-corrected chi connectivity index (χ1v) is 6.91. The zero-order chi connectivity index (χ0) is 12.0. The number of nitrogens with one attached hydrogen (secondary N) is 1. The molecular formula is C14H21NS. The molecule has 1 unspecified atom stereocenters. The fourth-order valence-electron chi connectivity index (χ4n) is 1.74. The summed E-state index contributed by atoms with van der Waals surface area (Å²) in [5.41, 5.74) is 2.57. The lowest BCUT2D eigenvalue weighted by molar-refractivity contribution is 0.548. The van der Waals surface area contributed by atoms with Gasteiger partial charge in [-0.15, -0.1) is 18.3 Å². The van der Waals surface area contributed by atoms with Crippen LogP contribution < -0.4 is 5.32 Å². The zero-order valence-electron chi connectivity index (χ0n) is 10.4. The number of rotatable bonds is 6. The van der Waals surface area contributed by atoms with Crippen LogP contribution in [0.3, 0.4) is 0 Å². The SMILES string of the molecule is C=C(C)CC(NCC)c1ccc(SC)cc1. The third kappa shape index (κ3) is 4.03. The fourth-order valence-corrected chi connectivity index (χ4v) is 2.15. The van der Waals surface area contributed by atoms with Crippen LogP contribution in [0.25, 0.3) is 0 Å². The van der Waals surface area contributed by atoms with E-state index < -0.39 is 0 Å². The molecule has 1 N–H and O–H groups in total. The summed E-state index contributed by atoms with van der Waals surface area (Å²) in [5, 5.41) is 3.50. The molecule has 0 saturated carbocycles. The van der Waals surface area contributed by atoms with E-state index in [4.69, 9.17) is 0 Å². The highest BCUT2D eigenvalue weighted by molar-refractivity contribution is 7.98. The van der Waals surface area contributed by atoms with Crippen molar-refractivity contribution >= 4 is 11.8 Å². The van der Waals surface area contributed by atoms with Crippen LogP contribution in [0.4, 0.5) is 0 Å². The maximum atomic E-state index is 3.99. The largest absolute Gasteiger partial charge is 0.310 e. The van der Waals surface area contributed by atoms with E-state index >= 15 is 0 Å². The molecule has 1 aromatic carbocycles. The molecule has 0 aliphatic carbocycles. The van der Waals surface area contributed by atoms with E-state index in [2.05, 4.69) is 56.3 Å². The van der Waals surface area contributed by atoms with Gasteiger partial charge in [0.2, 0.25) is 0 Å². The minimum atomic E-state index is 0.401. The summed E-state index contributed by atoms with van der Waals surface area (Å²) in [6.45, 7) is 9.21. The van der Waals surface area contributed by atoms with Gasteiger partial charge in [0.15, 0.2) is 0 Å². The van der Waals surface area contributed by atoms with Crippen molar-refractivity contribution in [2.75, 3.05) is 12.8 Å². The van der Waals surface area contributed by atoms with Crippen LogP contribution in [0, 0.1) is 0 Å². The molecule has 0 saturated heterocycles. The van der Waals surface area contributed by atoms with Crippen molar-refractivity contribution in [3.05, 3.63) is 42.0 Å². The van der Waals surface area contributed by atoms with Gasteiger partial charge in [-0.25, -0.2) is 0 Å². The van der Waals surface area contributed by atoms with E-state index in [-0.39, 0.29) is 0 Å². The summed E-state index contributed by atoms with van der Waals surface area (Å²) in [5.74, 6) is 0. The van der Waals surface area contributed by atoms with Gasteiger partial charge in [0.25, 0.3) is 0 Å². The second-order valence-corrected chi connectivity index (χ2v) is 4.92. The number of thioether (sulfide) groups is 1. The summed E-state index contributed by atoms with van der Waals surface area (Å²) in [7, 11) is 0. The molecule has 0 aromatic heterocycles. The summed E-state index contributed by atoms with van der Waals surface area (Å²) in [6.07, 6.45) is 3.11. The Morgan fingerprint density at radius 1 is 1.38 bits per heavy atom. The van der Waals surface area contributed by atoms with Crippen LogP contribution in [0.2, 0.25) is 0 Å².